The topological polar surface area (TPSA) is 66.9 Å². The fraction of sp³-hybridized carbons (Fsp3) is 0.393. The predicted molar refractivity (Wildman–Crippen MR) is 131 cm³/mol. The van der Waals surface area contributed by atoms with E-state index in [1.807, 2.05) is 24.4 Å². The summed E-state index contributed by atoms with van der Waals surface area (Å²) in [6, 6.07) is 16.7. The molecule has 2 aliphatic rings. The number of nitrogens with zero attached hydrogens (tertiary/aromatic N) is 5. The number of aromatic nitrogens is 4. The molecule has 2 bridgehead atoms. The number of rotatable bonds is 6. The van der Waals surface area contributed by atoms with Crippen molar-refractivity contribution >= 4 is 10.8 Å². The summed E-state index contributed by atoms with van der Waals surface area (Å²) in [5, 5.41) is 16.5. The molecule has 176 valence electrons. The predicted octanol–water partition coefficient (Wildman–Crippen LogP) is 5.94. The molecule has 3 aromatic heterocycles. The fourth-order valence-electron chi connectivity index (χ4n) is 6.10. The van der Waals surface area contributed by atoms with Gasteiger partial charge in [0.25, 0.3) is 0 Å². The van der Waals surface area contributed by atoms with Gasteiger partial charge in [-0.3, -0.25) is 9.97 Å². The summed E-state index contributed by atoms with van der Waals surface area (Å²) in [5.41, 5.74) is 6.90. The van der Waals surface area contributed by atoms with Crippen molar-refractivity contribution in [3.63, 3.8) is 0 Å². The van der Waals surface area contributed by atoms with Gasteiger partial charge in [-0.25, -0.2) is 0 Å². The van der Waals surface area contributed by atoms with Crippen LogP contribution in [0.25, 0.3) is 27.5 Å². The van der Waals surface area contributed by atoms with E-state index in [9.17, 15) is 0 Å². The zero-order valence-corrected chi connectivity index (χ0v) is 22.1. The van der Waals surface area contributed by atoms with Gasteiger partial charge in [0.05, 0.1) is 5.69 Å². The van der Waals surface area contributed by atoms with Crippen LogP contribution in [0.4, 0.5) is 0 Å². The molecule has 1 fully saturated rings. The van der Waals surface area contributed by atoms with Gasteiger partial charge < -0.3 is 15.5 Å². The van der Waals surface area contributed by atoms with Crippen molar-refractivity contribution < 1.29 is 21.1 Å². The molecule has 2 aliphatic carbocycles. The van der Waals surface area contributed by atoms with E-state index in [1.165, 1.54) is 29.5 Å². The average Bonchev–Trinajstić information content (AvgIpc) is 3.41. The Morgan fingerprint density at radius 1 is 1.06 bits per heavy atom. The first-order chi connectivity index (χ1) is 16.0. The quantitative estimate of drug-likeness (QED) is 0.248. The van der Waals surface area contributed by atoms with Crippen LogP contribution in [0.5, 0.6) is 0 Å². The second-order valence-electron chi connectivity index (χ2n) is 10.3. The monoisotopic (exact) mass is 630 g/mol. The SMILES string of the molecule is CC12CCC(c3c1n[n-]c3-c1nc(CC[N-]Cc3ccccn3)cc3ccccc13)C2(C)C.[Pt+2]. The van der Waals surface area contributed by atoms with Crippen LogP contribution in [0, 0.1) is 5.41 Å². The number of pyridine rings is 2. The van der Waals surface area contributed by atoms with E-state index in [0.717, 1.165) is 41.1 Å². The Bertz CT molecular complexity index is 1330. The molecule has 2 atom stereocenters. The Morgan fingerprint density at radius 3 is 2.71 bits per heavy atom. The van der Waals surface area contributed by atoms with Gasteiger partial charge in [0.15, 0.2) is 0 Å². The first-order valence-electron chi connectivity index (χ1n) is 11.9. The maximum absolute atomic E-state index is 5.14. The molecule has 0 saturated heterocycles. The molecule has 0 aliphatic heterocycles. The van der Waals surface area contributed by atoms with Crippen LogP contribution in [0.1, 0.15) is 62.2 Å². The van der Waals surface area contributed by atoms with Gasteiger partial charge in [-0.1, -0.05) is 56.8 Å². The van der Waals surface area contributed by atoms with Crippen LogP contribution >= 0.6 is 0 Å². The van der Waals surface area contributed by atoms with Crippen molar-refractivity contribution in [2.75, 3.05) is 6.54 Å². The molecule has 4 aromatic rings. The zero-order chi connectivity index (χ0) is 22.6. The van der Waals surface area contributed by atoms with E-state index >= 15 is 0 Å². The van der Waals surface area contributed by atoms with Crippen LogP contribution in [0.3, 0.4) is 0 Å². The first kappa shape index (κ1) is 23.4. The molecule has 0 amide bonds. The summed E-state index contributed by atoms with van der Waals surface area (Å²) >= 11 is 0. The minimum absolute atomic E-state index is 0. The van der Waals surface area contributed by atoms with Crippen molar-refractivity contribution in [3.8, 4) is 11.4 Å². The standard InChI is InChI=1S/C28H29N5.Pt/c1-27(2)22-11-13-28(27,3)26-23(22)25(32-33-26)24-21-10-5-4-8-18(21)16-19(31-24)12-15-29-17-20-9-6-7-14-30-20;/h4-10,14,16,22H,11-13,15,17H2,1-3H3;/q-2;+2. The Labute approximate surface area is 215 Å². The van der Waals surface area contributed by atoms with Crippen molar-refractivity contribution in [2.24, 2.45) is 5.41 Å². The smallest absolute Gasteiger partial charge is 0.657 e. The van der Waals surface area contributed by atoms with Crippen molar-refractivity contribution in [3.05, 3.63) is 82.7 Å². The van der Waals surface area contributed by atoms with E-state index in [4.69, 9.17) is 20.5 Å². The average molecular weight is 631 g/mol. The molecule has 1 aromatic carbocycles. The van der Waals surface area contributed by atoms with Crippen LogP contribution < -0.4 is 5.10 Å². The zero-order valence-electron chi connectivity index (χ0n) is 19.9. The fourth-order valence-corrected chi connectivity index (χ4v) is 6.10. The van der Waals surface area contributed by atoms with E-state index in [-0.39, 0.29) is 31.9 Å². The summed E-state index contributed by atoms with van der Waals surface area (Å²) < 4.78 is 0. The van der Waals surface area contributed by atoms with Gasteiger partial charge in [-0.15, -0.1) is 13.1 Å². The van der Waals surface area contributed by atoms with E-state index < -0.39 is 0 Å². The van der Waals surface area contributed by atoms with Crippen LogP contribution in [0.2, 0.25) is 0 Å². The maximum Gasteiger partial charge on any atom is 2.00 e. The second-order valence-corrected chi connectivity index (χ2v) is 10.3. The Hall–Kier alpha value is -2.36. The Kier molecular flexibility index (Phi) is 5.98. The summed E-state index contributed by atoms with van der Waals surface area (Å²) in [6.07, 6.45) is 5.02. The van der Waals surface area contributed by atoms with Crippen LogP contribution in [-0.4, -0.2) is 21.6 Å². The van der Waals surface area contributed by atoms with Gasteiger partial charge in [0, 0.05) is 34.1 Å². The summed E-state index contributed by atoms with van der Waals surface area (Å²) in [7, 11) is 0. The third kappa shape index (κ3) is 3.47. The van der Waals surface area contributed by atoms with Crippen LogP contribution in [-0.2, 0) is 39.4 Å². The van der Waals surface area contributed by atoms with Crippen molar-refractivity contribution in [2.45, 2.75) is 57.9 Å². The maximum atomic E-state index is 5.14. The van der Waals surface area contributed by atoms with Gasteiger partial charge >= 0.3 is 21.1 Å². The molecular formula is C28H29N5Pt. The van der Waals surface area contributed by atoms with E-state index in [0.29, 0.717) is 12.5 Å². The van der Waals surface area contributed by atoms with Crippen LogP contribution in [0.15, 0.2) is 54.7 Å². The van der Waals surface area contributed by atoms with Crippen molar-refractivity contribution in [1.82, 2.24) is 20.2 Å². The third-order valence-electron chi connectivity index (χ3n) is 8.40. The molecular weight excluding hydrogens is 601 g/mol. The van der Waals surface area contributed by atoms with Gasteiger partial charge in [0.1, 0.15) is 0 Å². The molecule has 0 spiro atoms. The number of hydrogen-bond acceptors (Lipinski definition) is 3. The second kappa shape index (κ2) is 8.69. The molecule has 1 saturated carbocycles. The molecule has 5 nitrogen and oxygen atoms in total. The molecule has 0 N–H and O–H groups in total. The molecule has 6 rings (SSSR count). The van der Waals surface area contributed by atoms with E-state index in [1.54, 1.807) is 0 Å². The number of hydrogen-bond donors (Lipinski definition) is 0. The van der Waals surface area contributed by atoms with E-state index in [2.05, 4.69) is 56.1 Å². The summed E-state index contributed by atoms with van der Waals surface area (Å²) in [5.74, 6) is 0.500. The minimum Gasteiger partial charge on any atom is -0.657 e. The largest absolute Gasteiger partial charge is 2.00 e. The molecule has 6 heteroatoms. The Balaban J connectivity index is 0.00000241. The first-order valence-corrected chi connectivity index (χ1v) is 11.9. The number of fused-ring (bicyclic) bond motifs is 6. The Morgan fingerprint density at radius 2 is 1.88 bits per heavy atom. The molecule has 3 heterocycles. The normalized spacial score (nSPS) is 22.0. The van der Waals surface area contributed by atoms with Gasteiger partial charge in [0.2, 0.25) is 0 Å². The third-order valence-corrected chi connectivity index (χ3v) is 8.40. The van der Waals surface area contributed by atoms with Gasteiger partial charge in [-0.05, 0) is 59.7 Å². The molecule has 34 heavy (non-hydrogen) atoms. The summed E-state index contributed by atoms with van der Waals surface area (Å²) in [6.45, 7) is 8.54. The van der Waals surface area contributed by atoms with Gasteiger partial charge in [-0.2, -0.15) is 0 Å². The number of benzene rings is 1. The minimum atomic E-state index is 0. The van der Waals surface area contributed by atoms with Crippen molar-refractivity contribution in [1.29, 1.82) is 0 Å². The molecule has 0 radical (unpaired) electrons. The summed E-state index contributed by atoms with van der Waals surface area (Å²) in [4.78, 5) is 9.50. The molecule has 2 unspecified atom stereocenters.